The maximum absolute atomic E-state index is 12.4. The summed E-state index contributed by atoms with van der Waals surface area (Å²) in [5.41, 5.74) is 0.744. The van der Waals surface area contributed by atoms with Crippen molar-refractivity contribution in [2.75, 3.05) is 20.3 Å². The van der Waals surface area contributed by atoms with Crippen molar-refractivity contribution in [1.29, 1.82) is 0 Å². The predicted octanol–water partition coefficient (Wildman–Crippen LogP) is 2.27. The highest BCUT2D eigenvalue weighted by Crippen LogP contribution is 2.26. The molecule has 0 saturated heterocycles. The van der Waals surface area contributed by atoms with Crippen molar-refractivity contribution in [2.45, 2.75) is 18.6 Å². The molecule has 24 heavy (non-hydrogen) atoms. The minimum atomic E-state index is -0.441. The van der Waals surface area contributed by atoms with Crippen LogP contribution in [0.2, 0.25) is 0 Å². The second-order valence-electron chi connectivity index (χ2n) is 4.97. The molecule has 1 aromatic carbocycles. The lowest BCUT2D eigenvalue weighted by Crippen LogP contribution is -2.37. The molecule has 2 amide bonds. The van der Waals surface area contributed by atoms with Gasteiger partial charge in [-0.25, -0.2) is 0 Å². The lowest BCUT2D eigenvalue weighted by atomic mass is 10.1. The molecule has 0 spiro atoms. The van der Waals surface area contributed by atoms with Gasteiger partial charge in [-0.15, -0.1) is 0 Å². The van der Waals surface area contributed by atoms with Gasteiger partial charge >= 0.3 is 5.97 Å². The van der Waals surface area contributed by atoms with Gasteiger partial charge in [0.1, 0.15) is 0 Å². The molecule has 0 saturated carbocycles. The molecule has 0 radical (unpaired) electrons. The van der Waals surface area contributed by atoms with Crippen LogP contribution in [-0.4, -0.2) is 52.6 Å². The molecule has 0 bridgehead atoms. The number of esters is 1. The van der Waals surface area contributed by atoms with Gasteiger partial charge in [-0.3, -0.25) is 19.3 Å². The van der Waals surface area contributed by atoms with Crippen LogP contribution in [0.4, 0.5) is 0 Å². The van der Waals surface area contributed by atoms with E-state index >= 15 is 0 Å². The van der Waals surface area contributed by atoms with Gasteiger partial charge in [-0.1, -0.05) is 23.9 Å². The smallest absolute Gasteiger partial charge is 0.306 e. The fraction of sp³-hybridized carbons (Fsp3) is 0.375. The fourth-order valence-corrected chi connectivity index (χ4v) is 3.74. The molecule has 1 aromatic rings. The van der Waals surface area contributed by atoms with Gasteiger partial charge in [0.05, 0.1) is 31.3 Å². The van der Waals surface area contributed by atoms with Gasteiger partial charge < -0.3 is 9.47 Å². The molecule has 0 N–H and O–H groups in total. The van der Waals surface area contributed by atoms with Gasteiger partial charge in [0, 0.05) is 11.8 Å². The maximum Gasteiger partial charge on any atom is 0.306 e. The number of amides is 2. The van der Waals surface area contributed by atoms with Gasteiger partial charge in [-0.2, -0.15) is 0 Å². The van der Waals surface area contributed by atoms with Gasteiger partial charge in [0.25, 0.3) is 11.8 Å². The van der Waals surface area contributed by atoms with Crippen LogP contribution in [0.25, 0.3) is 0 Å². The molecule has 1 aliphatic rings. The molecule has 1 heterocycles. The van der Waals surface area contributed by atoms with Crippen molar-refractivity contribution in [3.8, 4) is 0 Å². The van der Waals surface area contributed by atoms with E-state index in [4.69, 9.17) is 17.0 Å². The number of hydrogen-bond acceptors (Lipinski definition) is 7. The van der Waals surface area contributed by atoms with E-state index < -0.39 is 11.2 Å². The molecule has 1 atom stereocenters. The average Bonchev–Trinajstić information content (AvgIpc) is 2.80. The third-order valence-corrected chi connectivity index (χ3v) is 4.78. The Hall–Kier alpha value is -1.93. The highest BCUT2D eigenvalue weighted by molar-refractivity contribution is 8.23. The number of imide groups is 1. The molecule has 2 rings (SSSR count). The van der Waals surface area contributed by atoms with E-state index in [0.29, 0.717) is 17.7 Å². The monoisotopic (exact) mass is 367 g/mol. The van der Waals surface area contributed by atoms with Crippen LogP contribution in [0, 0.1) is 0 Å². The molecule has 0 fully saturated rings. The zero-order valence-corrected chi connectivity index (χ0v) is 14.9. The molecular formula is C16H17NO5S2. The number of fused-ring (bicyclic) bond motifs is 1. The Morgan fingerprint density at radius 3 is 2.33 bits per heavy atom. The number of carbonyl (C=O) groups excluding carboxylic acids is 3. The van der Waals surface area contributed by atoms with Crippen molar-refractivity contribution in [3.63, 3.8) is 0 Å². The SMILES string of the molecule is CCOC(=S)SC(CC(=O)OC)CN1C(=O)c2ccccc2C1=O. The quantitative estimate of drug-likeness (QED) is 0.434. The number of methoxy groups -OCH3 is 1. The number of carbonyl (C=O) groups is 3. The molecule has 128 valence electrons. The number of nitrogens with zero attached hydrogens (tertiary/aromatic N) is 1. The van der Waals surface area contributed by atoms with Crippen LogP contribution in [-0.2, 0) is 14.3 Å². The fourth-order valence-electron chi connectivity index (χ4n) is 2.31. The summed E-state index contributed by atoms with van der Waals surface area (Å²) in [7, 11) is 1.28. The number of thioether (sulfide) groups is 1. The van der Waals surface area contributed by atoms with Crippen molar-refractivity contribution in [2.24, 2.45) is 0 Å². The van der Waals surface area contributed by atoms with Crippen molar-refractivity contribution in [3.05, 3.63) is 35.4 Å². The normalized spacial score (nSPS) is 14.3. The highest BCUT2D eigenvalue weighted by Gasteiger charge is 2.37. The summed E-state index contributed by atoms with van der Waals surface area (Å²) in [6.45, 7) is 2.26. The Labute approximate surface area is 149 Å². The maximum atomic E-state index is 12.4. The third kappa shape index (κ3) is 4.12. The van der Waals surface area contributed by atoms with Crippen LogP contribution in [0.15, 0.2) is 24.3 Å². The van der Waals surface area contributed by atoms with E-state index in [0.717, 1.165) is 16.7 Å². The van der Waals surface area contributed by atoms with Crippen LogP contribution >= 0.6 is 24.0 Å². The highest BCUT2D eigenvalue weighted by atomic mass is 32.2. The Bertz CT molecular complexity index is 641. The summed E-state index contributed by atoms with van der Waals surface area (Å²) in [4.78, 5) is 37.6. The molecule has 8 heteroatoms. The number of ether oxygens (including phenoxy) is 2. The first-order valence-corrected chi connectivity index (χ1v) is 8.62. The molecule has 0 aromatic heterocycles. The molecule has 0 aliphatic carbocycles. The van der Waals surface area contributed by atoms with Crippen molar-refractivity contribution < 1.29 is 23.9 Å². The number of hydrogen-bond donors (Lipinski definition) is 0. The lowest BCUT2D eigenvalue weighted by Gasteiger charge is -2.21. The van der Waals surface area contributed by atoms with Crippen LogP contribution in [0.5, 0.6) is 0 Å². The number of rotatable bonds is 6. The minimum absolute atomic E-state index is 0.0157. The van der Waals surface area contributed by atoms with E-state index in [9.17, 15) is 14.4 Å². The zero-order chi connectivity index (χ0) is 17.7. The van der Waals surface area contributed by atoms with Crippen LogP contribution in [0.3, 0.4) is 0 Å². The van der Waals surface area contributed by atoms with Gasteiger partial charge in [0.15, 0.2) is 0 Å². The lowest BCUT2D eigenvalue weighted by molar-refractivity contribution is -0.140. The second kappa shape index (κ2) is 8.25. The number of benzene rings is 1. The average molecular weight is 367 g/mol. The standard InChI is InChI=1S/C16H17NO5S2/c1-3-22-16(23)24-10(8-13(18)21-2)9-17-14(19)11-6-4-5-7-12(11)15(17)20/h4-7,10H,3,8-9H2,1-2H3. The van der Waals surface area contributed by atoms with Crippen LogP contribution < -0.4 is 0 Å². The molecule has 1 aliphatic heterocycles. The Balaban J connectivity index is 2.14. The van der Waals surface area contributed by atoms with E-state index in [-0.39, 0.29) is 29.2 Å². The van der Waals surface area contributed by atoms with E-state index in [2.05, 4.69) is 4.74 Å². The van der Waals surface area contributed by atoms with Gasteiger partial charge in [-0.05, 0) is 31.3 Å². The Kier molecular flexibility index (Phi) is 6.33. The topological polar surface area (TPSA) is 72.9 Å². The predicted molar refractivity (Wildman–Crippen MR) is 94.0 cm³/mol. The minimum Gasteiger partial charge on any atom is -0.479 e. The number of thiocarbonyl (C=S) groups is 1. The first-order valence-electron chi connectivity index (χ1n) is 7.33. The van der Waals surface area contributed by atoms with E-state index in [1.807, 2.05) is 0 Å². The molecule has 1 unspecified atom stereocenters. The van der Waals surface area contributed by atoms with Crippen molar-refractivity contribution >= 4 is 46.1 Å². The summed E-state index contributed by atoms with van der Waals surface area (Å²) < 4.78 is 10.2. The first-order chi connectivity index (χ1) is 11.5. The summed E-state index contributed by atoms with van der Waals surface area (Å²) >= 11 is 6.23. The van der Waals surface area contributed by atoms with Gasteiger partial charge in [0.2, 0.25) is 4.38 Å². The molecule has 6 nitrogen and oxygen atoms in total. The first kappa shape index (κ1) is 18.4. The third-order valence-electron chi connectivity index (χ3n) is 3.41. The largest absolute Gasteiger partial charge is 0.479 e. The van der Waals surface area contributed by atoms with E-state index in [1.54, 1.807) is 31.2 Å². The van der Waals surface area contributed by atoms with Crippen molar-refractivity contribution in [1.82, 2.24) is 4.90 Å². The Morgan fingerprint density at radius 1 is 1.25 bits per heavy atom. The molecular weight excluding hydrogens is 350 g/mol. The summed E-state index contributed by atoms with van der Waals surface area (Å²) in [5.74, 6) is -1.18. The summed E-state index contributed by atoms with van der Waals surface area (Å²) in [6.07, 6.45) is 0.0157. The summed E-state index contributed by atoms with van der Waals surface area (Å²) in [6, 6.07) is 6.64. The Morgan fingerprint density at radius 2 is 1.83 bits per heavy atom. The van der Waals surface area contributed by atoms with E-state index in [1.165, 1.54) is 7.11 Å². The summed E-state index contributed by atoms with van der Waals surface area (Å²) in [5, 5.41) is -0.432. The zero-order valence-electron chi connectivity index (χ0n) is 13.3. The van der Waals surface area contributed by atoms with Crippen LogP contribution in [0.1, 0.15) is 34.1 Å². The second-order valence-corrected chi connectivity index (χ2v) is 6.87.